The maximum absolute atomic E-state index is 14.1. The molecule has 0 bridgehead atoms. The standard InChI is InChI=1S/C24H40N4O4S/c1-17(29)26-20-16-24(9-10-25-20,18-6-4-2-3-5-7-18)23(31)27-21-19(8-15-33-21)22(30)28-11-13-32-14-12-28/h18-21,25H,2-16H2,1H3,(H,26,29)(H,27,31). The molecule has 8 nitrogen and oxygen atoms in total. The van der Waals surface area contributed by atoms with Crippen LogP contribution in [0.3, 0.4) is 0 Å². The van der Waals surface area contributed by atoms with Gasteiger partial charge in [-0.15, -0.1) is 11.8 Å². The van der Waals surface area contributed by atoms with Crippen LogP contribution in [-0.4, -0.2) is 72.8 Å². The second kappa shape index (κ2) is 11.4. The number of morpholine rings is 1. The summed E-state index contributed by atoms with van der Waals surface area (Å²) in [4.78, 5) is 40.9. The lowest BCUT2D eigenvalue weighted by atomic mass is 9.64. The molecule has 1 saturated carbocycles. The molecule has 4 atom stereocenters. The third-order valence-electron chi connectivity index (χ3n) is 8.00. The number of piperidine rings is 1. The van der Waals surface area contributed by atoms with Crippen LogP contribution in [0.1, 0.15) is 64.7 Å². The molecule has 4 unspecified atom stereocenters. The summed E-state index contributed by atoms with van der Waals surface area (Å²) in [6, 6.07) is 0. The van der Waals surface area contributed by atoms with Crippen LogP contribution in [0.25, 0.3) is 0 Å². The molecule has 186 valence electrons. The molecule has 0 aromatic heterocycles. The largest absolute Gasteiger partial charge is 0.378 e. The highest BCUT2D eigenvalue weighted by Crippen LogP contribution is 2.46. The van der Waals surface area contributed by atoms with Crippen molar-refractivity contribution in [2.24, 2.45) is 17.3 Å². The normalized spacial score (nSPS) is 33.8. The Morgan fingerprint density at radius 1 is 1.03 bits per heavy atom. The first kappa shape index (κ1) is 24.8. The number of hydrogen-bond donors (Lipinski definition) is 3. The summed E-state index contributed by atoms with van der Waals surface area (Å²) in [5.74, 6) is 1.20. The monoisotopic (exact) mass is 480 g/mol. The van der Waals surface area contributed by atoms with Crippen molar-refractivity contribution in [3.63, 3.8) is 0 Å². The van der Waals surface area contributed by atoms with Gasteiger partial charge in [0, 0.05) is 20.0 Å². The van der Waals surface area contributed by atoms with Gasteiger partial charge in [-0.2, -0.15) is 0 Å². The topological polar surface area (TPSA) is 99.8 Å². The van der Waals surface area contributed by atoms with Crippen LogP contribution >= 0.6 is 11.8 Å². The Morgan fingerprint density at radius 3 is 2.45 bits per heavy atom. The average Bonchev–Trinajstić information content (AvgIpc) is 3.09. The Morgan fingerprint density at radius 2 is 1.76 bits per heavy atom. The van der Waals surface area contributed by atoms with Crippen LogP contribution in [0.5, 0.6) is 0 Å². The van der Waals surface area contributed by atoms with Crippen molar-refractivity contribution in [1.29, 1.82) is 0 Å². The van der Waals surface area contributed by atoms with Gasteiger partial charge in [0.1, 0.15) is 0 Å². The van der Waals surface area contributed by atoms with E-state index in [0.29, 0.717) is 45.2 Å². The Labute approximate surface area is 201 Å². The highest BCUT2D eigenvalue weighted by molar-refractivity contribution is 8.00. The summed E-state index contributed by atoms with van der Waals surface area (Å²) < 4.78 is 5.41. The van der Waals surface area contributed by atoms with Gasteiger partial charge in [-0.05, 0) is 50.3 Å². The predicted molar refractivity (Wildman–Crippen MR) is 128 cm³/mol. The van der Waals surface area contributed by atoms with Gasteiger partial charge < -0.3 is 20.3 Å². The molecular formula is C24H40N4O4S. The molecule has 3 amide bonds. The molecule has 4 aliphatic rings. The van der Waals surface area contributed by atoms with Crippen molar-refractivity contribution in [2.45, 2.75) is 76.3 Å². The molecule has 3 aliphatic heterocycles. The Balaban J connectivity index is 1.50. The maximum atomic E-state index is 14.1. The number of thioether (sulfide) groups is 1. The van der Waals surface area contributed by atoms with Crippen LogP contribution in [0, 0.1) is 17.3 Å². The number of carbonyl (C=O) groups excluding carboxylic acids is 3. The molecule has 3 N–H and O–H groups in total. The van der Waals surface area contributed by atoms with Crippen LogP contribution in [0.15, 0.2) is 0 Å². The number of amides is 3. The number of nitrogens with zero attached hydrogens (tertiary/aromatic N) is 1. The lowest BCUT2D eigenvalue weighted by molar-refractivity contribution is -0.142. The second-order valence-corrected chi connectivity index (χ2v) is 11.4. The molecule has 0 radical (unpaired) electrons. The number of hydrogen-bond acceptors (Lipinski definition) is 6. The van der Waals surface area contributed by atoms with E-state index in [1.54, 1.807) is 11.8 Å². The van der Waals surface area contributed by atoms with Gasteiger partial charge in [-0.3, -0.25) is 19.7 Å². The number of ether oxygens (including phenoxy) is 1. The SMILES string of the molecule is CC(=O)NC1CC(C(=O)NC2SCCC2C(=O)N2CCOCC2)(C2CCCCCC2)CCN1. The summed E-state index contributed by atoms with van der Waals surface area (Å²) in [6.45, 7) is 4.69. The fourth-order valence-electron chi connectivity index (χ4n) is 6.23. The third-order valence-corrected chi connectivity index (χ3v) is 9.28. The van der Waals surface area contributed by atoms with Crippen molar-refractivity contribution in [2.75, 3.05) is 38.6 Å². The van der Waals surface area contributed by atoms with Gasteiger partial charge in [-0.1, -0.05) is 25.7 Å². The zero-order valence-corrected chi connectivity index (χ0v) is 20.7. The molecular weight excluding hydrogens is 440 g/mol. The van der Waals surface area contributed by atoms with Gasteiger partial charge >= 0.3 is 0 Å². The molecule has 33 heavy (non-hydrogen) atoms. The Kier molecular flexibility index (Phi) is 8.57. The van der Waals surface area contributed by atoms with Gasteiger partial charge in [0.15, 0.2) is 0 Å². The highest BCUT2D eigenvalue weighted by Gasteiger charge is 2.50. The number of carbonyl (C=O) groups is 3. The zero-order chi connectivity index (χ0) is 23.3. The van der Waals surface area contributed by atoms with E-state index in [1.807, 2.05) is 4.90 Å². The lowest BCUT2D eigenvalue weighted by Gasteiger charge is -2.46. The molecule has 3 heterocycles. The van der Waals surface area contributed by atoms with E-state index in [-0.39, 0.29) is 35.2 Å². The van der Waals surface area contributed by atoms with Crippen molar-refractivity contribution < 1.29 is 19.1 Å². The van der Waals surface area contributed by atoms with Crippen LogP contribution in [0.4, 0.5) is 0 Å². The van der Waals surface area contributed by atoms with Crippen molar-refractivity contribution in [3.8, 4) is 0 Å². The summed E-state index contributed by atoms with van der Waals surface area (Å²) in [5.41, 5.74) is -0.502. The third kappa shape index (κ3) is 5.85. The van der Waals surface area contributed by atoms with Gasteiger partial charge in [0.25, 0.3) is 0 Å². The Hall–Kier alpha value is -1.32. The molecule has 4 fully saturated rings. The first-order valence-electron chi connectivity index (χ1n) is 12.8. The minimum absolute atomic E-state index is 0.0768. The maximum Gasteiger partial charge on any atom is 0.228 e. The van der Waals surface area contributed by atoms with Gasteiger partial charge in [0.2, 0.25) is 17.7 Å². The van der Waals surface area contributed by atoms with E-state index >= 15 is 0 Å². The molecule has 0 aromatic rings. The predicted octanol–water partition coefficient (Wildman–Crippen LogP) is 1.84. The van der Waals surface area contributed by atoms with Crippen LogP contribution in [-0.2, 0) is 19.1 Å². The van der Waals surface area contributed by atoms with E-state index in [4.69, 9.17) is 4.74 Å². The fraction of sp³-hybridized carbons (Fsp3) is 0.875. The van der Waals surface area contributed by atoms with Crippen molar-refractivity contribution >= 4 is 29.5 Å². The van der Waals surface area contributed by atoms with Crippen LogP contribution < -0.4 is 16.0 Å². The van der Waals surface area contributed by atoms with E-state index in [0.717, 1.165) is 44.3 Å². The summed E-state index contributed by atoms with van der Waals surface area (Å²) in [6.07, 6.45) is 8.92. The number of nitrogens with one attached hydrogen (secondary N) is 3. The van der Waals surface area contributed by atoms with E-state index in [2.05, 4.69) is 16.0 Å². The quantitative estimate of drug-likeness (QED) is 0.520. The highest BCUT2D eigenvalue weighted by atomic mass is 32.2. The van der Waals surface area contributed by atoms with Crippen molar-refractivity contribution in [3.05, 3.63) is 0 Å². The Bertz CT molecular complexity index is 709. The van der Waals surface area contributed by atoms with Crippen molar-refractivity contribution in [1.82, 2.24) is 20.9 Å². The molecule has 0 spiro atoms. The lowest BCUT2D eigenvalue weighted by Crippen LogP contribution is -2.60. The van der Waals surface area contributed by atoms with Gasteiger partial charge in [0.05, 0.1) is 36.1 Å². The van der Waals surface area contributed by atoms with E-state index < -0.39 is 5.41 Å². The minimum atomic E-state index is -0.502. The minimum Gasteiger partial charge on any atom is -0.378 e. The molecule has 3 saturated heterocycles. The molecule has 1 aliphatic carbocycles. The molecule has 9 heteroatoms. The number of rotatable bonds is 5. The summed E-state index contributed by atoms with van der Waals surface area (Å²) >= 11 is 1.70. The van der Waals surface area contributed by atoms with Crippen LogP contribution in [0.2, 0.25) is 0 Å². The van der Waals surface area contributed by atoms with E-state index in [9.17, 15) is 14.4 Å². The molecule has 4 rings (SSSR count). The molecule has 0 aromatic carbocycles. The summed E-state index contributed by atoms with van der Waals surface area (Å²) in [5, 5.41) is 9.57. The van der Waals surface area contributed by atoms with E-state index in [1.165, 1.54) is 19.8 Å². The second-order valence-electron chi connectivity index (χ2n) is 10.1. The smallest absolute Gasteiger partial charge is 0.228 e. The summed E-state index contributed by atoms with van der Waals surface area (Å²) in [7, 11) is 0. The first-order valence-corrected chi connectivity index (χ1v) is 13.8. The fourth-order valence-corrected chi connectivity index (χ4v) is 7.54. The van der Waals surface area contributed by atoms with Gasteiger partial charge in [-0.25, -0.2) is 0 Å². The average molecular weight is 481 g/mol. The zero-order valence-electron chi connectivity index (χ0n) is 19.9. The first-order chi connectivity index (χ1) is 16.0.